The molecule has 0 bridgehead atoms. The van der Waals surface area contributed by atoms with Crippen LogP contribution < -0.4 is 0 Å². The van der Waals surface area contributed by atoms with Crippen LogP contribution in [0.4, 0.5) is 13.2 Å². The normalized spacial score (nSPS) is 20.3. The predicted octanol–water partition coefficient (Wildman–Crippen LogP) is 3.83. The van der Waals surface area contributed by atoms with Crippen LogP contribution in [0.2, 0.25) is 0 Å². The number of rotatable bonds is 4. The standard InChI is InChI=1S/C18H24F3N3OS/c19-18(20,21)13-23-9-4-10-24(12-11-23)17(25)15-7-3-8-22-16(15)26-14-5-1-2-6-14/h3,7-8,14H,1-2,4-6,9-13H2. The molecule has 1 aliphatic heterocycles. The third kappa shape index (κ3) is 5.36. The van der Waals surface area contributed by atoms with Gasteiger partial charge in [0.1, 0.15) is 5.03 Å². The number of hydrogen-bond acceptors (Lipinski definition) is 4. The van der Waals surface area contributed by atoms with Crippen LogP contribution >= 0.6 is 11.8 Å². The van der Waals surface area contributed by atoms with E-state index < -0.39 is 12.7 Å². The van der Waals surface area contributed by atoms with Gasteiger partial charge < -0.3 is 4.90 Å². The predicted molar refractivity (Wildman–Crippen MR) is 95.4 cm³/mol. The van der Waals surface area contributed by atoms with Crippen molar-refractivity contribution in [3.05, 3.63) is 23.9 Å². The van der Waals surface area contributed by atoms with E-state index in [4.69, 9.17) is 0 Å². The van der Waals surface area contributed by atoms with Crippen LogP contribution in [0.3, 0.4) is 0 Å². The second-order valence-electron chi connectivity index (χ2n) is 6.92. The second-order valence-corrected chi connectivity index (χ2v) is 8.21. The first-order chi connectivity index (χ1) is 12.4. The van der Waals surface area contributed by atoms with E-state index in [0.29, 0.717) is 36.9 Å². The third-order valence-corrected chi connectivity index (χ3v) is 6.21. The lowest BCUT2D eigenvalue weighted by atomic mass is 10.2. The molecule has 0 aromatic carbocycles. The minimum atomic E-state index is -4.20. The number of amides is 1. The Balaban J connectivity index is 1.65. The highest BCUT2D eigenvalue weighted by atomic mass is 32.2. The molecule has 1 aliphatic carbocycles. The summed E-state index contributed by atoms with van der Waals surface area (Å²) in [4.78, 5) is 20.4. The Morgan fingerprint density at radius 2 is 1.92 bits per heavy atom. The van der Waals surface area contributed by atoms with Gasteiger partial charge in [-0.3, -0.25) is 9.69 Å². The molecule has 0 N–H and O–H groups in total. The van der Waals surface area contributed by atoms with E-state index >= 15 is 0 Å². The summed E-state index contributed by atoms with van der Waals surface area (Å²) < 4.78 is 37.8. The van der Waals surface area contributed by atoms with Gasteiger partial charge in [-0.25, -0.2) is 4.98 Å². The minimum Gasteiger partial charge on any atom is -0.337 e. The second kappa shape index (κ2) is 8.61. The molecule has 2 aliphatic rings. The van der Waals surface area contributed by atoms with Crippen LogP contribution in [0.25, 0.3) is 0 Å². The minimum absolute atomic E-state index is 0.118. The van der Waals surface area contributed by atoms with Crippen molar-refractivity contribution in [1.29, 1.82) is 0 Å². The molecule has 144 valence electrons. The van der Waals surface area contributed by atoms with E-state index in [1.165, 1.54) is 17.7 Å². The molecule has 0 atom stereocenters. The molecule has 1 aromatic rings. The van der Waals surface area contributed by atoms with Gasteiger partial charge in [0.2, 0.25) is 0 Å². The quantitative estimate of drug-likeness (QED) is 0.787. The fraction of sp³-hybridized carbons (Fsp3) is 0.667. The first-order valence-corrected chi connectivity index (χ1v) is 10.0. The molecular weight excluding hydrogens is 363 g/mol. The number of hydrogen-bond donors (Lipinski definition) is 0. The third-order valence-electron chi connectivity index (χ3n) is 4.86. The number of aromatic nitrogens is 1. The van der Waals surface area contributed by atoms with Gasteiger partial charge >= 0.3 is 6.18 Å². The summed E-state index contributed by atoms with van der Waals surface area (Å²) in [5.74, 6) is -0.118. The van der Waals surface area contributed by atoms with Gasteiger partial charge in [-0.1, -0.05) is 12.8 Å². The highest BCUT2D eigenvalue weighted by molar-refractivity contribution is 7.99. The molecule has 4 nitrogen and oxygen atoms in total. The fourth-order valence-electron chi connectivity index (χ4n) is 3.57. The summed E-state index contributed by atoms with van der Waals surface area (Å²) in [6, 6.07) is 3.53. The number of carbonyl (C=O) groups is 1. The lowest BCUT2D eigenvalue weighted by molar-refractivity contribution is -0.145. The Bertz CT molecular complexity index is 620. The molecule has 2 fully saturated rings. The van der Waals surface area contributed by atoms with Crippen molar-refractivity contribution >= 4 is 17.7 Å². The van der Waals surface area contributed by atoms with Crippen molar-refractivity contribution in [3.8, 4) is 0 Å². The molecule has 26 heavy (non-hydrogen) atoms. The van der Waals surface area contributed by atoms with Crippen molar-refractivity contribution in [3.63, 3.8) is 0 Å². The van der Waals surface area contributed by atoms with Crippen molar-refractivity contribution in [2.24, 2.45) is 0 Å². The van der Waals surface area contributed by atoms with Crippen LogP contribution in [0, 0.1) is 0 Å². The summed E-state index contributed by atoms with van der Waals surface area (Å²) in [7, 11) is 0. The van der Waals surface area contributed by atoms with Gasteiger partial charge in [0.15, 0.2) is 0 Å². The molecule has 0 spiro atoms. The molecule has 1 saturated heterocycles. The fourth-order valence-corrected chi connectivity index (χ4v) is 4.86. The largest absolute Gasteiger partial charge is 0.401 e. The van der Waals surface area contributed by atoms with E-state index in [9.17, 15) is 18.0 Å². The van der Waals surface area contributed by atoms with E-state index in [-0.39, 0.29) is 12.5 Å². The zero-order valence-electron chi connectivity index (χ0n) is 14.7. The molecule has 0 radical (unpaired) electrons. The van der Waals surface area contributed by atoms with Crippen LogP contribution in [-0.2, 0) is 0 Å². The number of carbonyl (C=O) groups excluding carboxylic acids is 1. The monoisotopic (exact) mass is 387 g/mol. The molecule has 1 aromatic heterocycles. The van der Waals surface area contributed by atoms with Gasteiger partial charge in [-0.15, -0.1) is 11.8 Å². The smallest absolute Gasteiger partial charge is 0.337 e. The maximum Gasteiger partial charge on any atom is 0.401 e. The Morgan fingerprint density at radius 1 is 1.15 bits per heavy atom. The topological polar surface area (TPSA) is 36.4 Å². The van der Waals surface area contributed by atoms with Crippen molar-refractivity contribution in [2.75, 3.05) is 32.7 Å². The lowest BCUT2D eigenvalue weighted by Gasteiger charge is -2.23. The van der Waals surface area contributed by atoms with Gasteiger partial charge in [0.05, 0.1) is 12.1 Å². The maximum atomic E-state index is 13.0. The van der Waals surface area contributed by atoms with Crippen molar-refractivity contribution < 1.29 is 18.0 Å². The SMILES string of the molecule is O=C(c1cccnc1SC1CCCC1)N1CCCN(CC(F)(F)F)CC1. The molecule has 1 amide bonds. The van der Waals surface area contributed by atoms with Gasteiger partial charge in [0.25, 0.3) is 5.91 Å². The summed E-state index contributed by atoms with van der Waals surface area (Å²) >= 11 is 1.67. The number of nitrogens with zero attached hydrogens (tertiary/aromatic N) is 3. The lowest BCUT2D eigenvalue weighted by Crippen LogP contribution is -2.38. The van der Waals surface area contributed by atoms with Gasteiger partial charge in [-0.2, -0.15) is 13.2 Å². The number of alkyl halides is 3. The zero-order chi connectivity index (χ0) is 18.6. The number of halogens is 3. The summed E-state index contributed by atoms with van der Waals surface area (Å²) in [5.41, 5.74) is 0.577. The molecule has 3 rings (SSSR count). The van der Waals surface area contributed by atoms with E-state index in [2.05, 4.69) is 4.98 Å². The summed E-state index contributed by atoms with van der Waals surface area (Å²) in [6.45, 7) is 0.494. The van der Waals surface area contributed by atoms with Crippen molar-refractivity contribution in [2.45, 2.75) is 48.6 Å². The summed E-state index contributed by atoms with van der Waals surface area (Å²) in [5, 5.41) is 1.25. The average molecular weight is 387 g/mol. The molecule has 0 unspecified atom stereocenters. The maximum absolute atomic E-state index is 13.0. The summed E-state index contributed by atoms with van der Waals surface area (Å²) in [6.07, 6.45) is 2.77. The van der Waals surface area contributed by atoms with Crippen molar-refractivity contribution in [1.82, 2.24) is 14.8 Å². The highest BCUT2D eigenvalue weighted by Crippen LogP contribution is 2.35. The van der Waals surface area contributed by atoms with Gasteiger partial charge in [-0.05, 0) is 31.4 Å². The zero-order valence-corrected chi connectivity index (χ0v) is 15.5. The van der Waals surface area contributed by atoms with E-state index in [0.717, 1.165) is 17.9 Å². The molecule has 2 heterocycles. The Labute approximate surface area is 156 Å². The van der Waals surface area contributed by atoms with Crippen LogP contribution in [0.5, 0.6) is 0 Å². The average Bonchev–Trinajstić information content (AvgIpc) is 2.99. The Hall–Kier alpha value is -1.28. The molecule has 8 heteroatoms. The van der Waals surface area contributed by atoms with Gasteiger partial charge in [0, 0.05) is 37.6 Å². The Kier molecular flexibility index (Phi) is 6.45. The Morgan fingerprint density at radius 3 is 2.65 bits per heavy atom. The highest BCUT2D eigenvalue weighted by Gasteiger charge is 2.32. The number of thioether (sulfide) groups is 1. The first kappa shape index (κ1) is 19.5. The first-order valence-electron chi connectivity index (χ1n) is 9.12. The van der Waals surface area contributed by atoms with E-state index in [1.807, 2.05) is 0 Å². The van der Waals surface area contributed by atoms with Crippen LogP contribution in [0.15, 0.2) is 23.4 Å². The van der Waals surface area contributed by atoms with Crippen LogP contribution in [0.1, 0.15) is 42.5 Å². The molecular formula is C18H24F3N3OS. The van der Waals surface area contributed by atoms with E-state index in [1.54, 1.807) is 35.0 Å². The van der Waals surface area contributed by atoms with Crippen LogP contribution in [-0.4, -0.2) is 64.8 Å². The number of pyridine rings is 1. The molecule has 1 saturated carbocycles.